The van der Waals surface area contributed by atoms with Crippen LogP contribution in [0.25, 0.3) is 0 Å². The fourth-order valence-corrected chi connectivity index (χ4v) is 2.28. The number of likely N-dealkylation sites (tertiary alicyclic amines) is 1. The SMILES string of the molecule is CNC(=O)CCNC(=O)COC(=O)C1CCCN1C(=O)OC(C)(C)C. The average Bonchev–Trinajstić information content (AvgIpc) is 3.00. The van der Waals surface area contributed by atoms with Gasteiger partial charge in [0, 0.05) is 26.6 Å². The van der Waals surface area contributed by atoms with Crippen molar-refractivity contribution in [3.05, 3.63) is 0 Å². The lowest BCUT2D eigenvalue weighted by molar-refractivity contribution is -0.152. The fraction of sp³-hybridized carbons (Fsp3) is 0.750. The van der Waals surface area contributed by atoms with Gasteiger partial charge in [0.15, 0.2) is 6.61 Å². The molecule has 0 aromatic carbocycles. The van der Waals surface area contributed by atoms with Crippen molar-refractivity contribution in [3.63, 3.8) is 0 Å². The number of hydrogen-bond donors (Lipinski definition) is 2. The summed E-state index contributed by atoms with van der Waals surface area (Å²) in [5, 5.41) is 4.91. The standard InChI is InChI=1S/C16H27N3O6/c1-16(2,3)25-15(23)19-9-5-6-11(19)14(22)24-10-13(21)18-8-7-12(20)17-4/h11H,5-10H2,1-4H3,(H,17,20)(H,18,21). The Hall–Kier alpha value is -2.32. The van der Waals surface area contributed by atoms with Crippen LogP contribution in [0.5, 0.6) is 0 Å². The van der Waals surface area contributed by atoms with E-state index >= 15 is 0 Å². The Bertz CT molecular complexity index is 514. The molecular weight excluding hydrogens is 330 g/mol. The first-order valence-corrected chi connectivity index (χ1v) is 8.27. The zero-order chi connectivity index (χ0) is 19.0. The van der Waals surface area contributed by atoms with E-state index in [4.69, 9.17) is 9.47 Å². The number of amides is 3. The van der Waals surface area contributed by atoms with Gasteiger partial charge >= 0.3 is 12.1 Å². The van der Waals surface area contributed by atoms with Gasteiger partial charge in [-0.05, 0) is 33.6 Å². The molecule has 1 heterocycles. The van der Waals surface area contributed by atoms with Gasteiger partial charge in [-0.25, -0.2) is 9.59 Å². The molecule has 1 unspecified atom stereocenters. The number of nitrogens with one attached hydrogen (secondary N) is 2. The summed E-state index contributed by atoms with van der Waals surface area (Å²) in [6, 6.07) is -0.742. The molecule has 3 amide bonds. The molecule has 1 fully saturated rings. The first kappa shape index (κ1) is 20.7. The van der Waals surface area contributed by atoms with Crippen LogP contribution in [0, 0.1) is 0 Å². The van der Waals surface area contributed by atoms with Crippen LogP contribution in [0.2, 0.25) is 0 Å². The minimum absolute atomic E-state index is 0.144. The largest absolute Gasteiger partial charge is 0.454 e. The van der Waals surface area contributed by atoms with Crippen molar-refractivity contribution in [2.75, 3.05) is 26.7 Å². The Morgan fingerprint density at radius 3 is 2.44 bits per heavy atom. The van der Waals surface area contributed by atoms with Gasteiger partial charge in [-0.3, -0.25) is 14.5 Å². The highest BCUT2D eigenvalue weighted by Gasteiger charge is 2.37. The third kappa shape index (κ3) is 7.40. The molecule has 2 N–H and O–H groups in total. The van der Waals surface area contributed by atoms with Crippen molar-refractivity contribution in [2.24, 2.45) is 0 Å². The van der Waals surface area contributed by atoms with Gasteiger partial charge < -0.3 is 20.1 Å². The second kappa shape index (κ2) is 9.24. The number of hydrogen-bond acceptors (Lipinski definition) is 6. The van der Waals surface area contributed by atoms with Gasteiger partial charge in [0.1, 0.15) is 11.6 Å². The highest BCUT2D eigenvalue weighted by molar-refractivity contribution is 5.85. The van der Waals surface area contributed by atoms with Crippen molar-refractivity contribution in [2.45, 2.75) is 51.7 Å². The molecule has 1 aliphatic rings. The summed E-state index contributed by atoms with van der Waals surface area (Å²) in [6.07, 6.45) is 0.709. The highest BCUT2D eigenvalue weighted by Crippen LogP contribution is 2.21. The van der Waals surface area contributed by atoms with Crippen molar-refractivity contribution in [3.8, 4) is 0 Å². The fourth-order valence-electron chi connectivity index (χ4n) is 2.28. The van der Waals surface area contributed by atoms with E-state index in [9.17, 15) is 19.2 Å². The quantitative estimate of drug-likeness (QED) is 0.656. The second-order valence-electron chi connectivity index (χ2n) is 6.71. The van der Waals surface area contributed by atoms with E-state index in [1.54, 1.807) is 20.8 Å². The lowest BCUT2D eigenvalue weighted by atomic mass is 10.2. The van der Waals surface area contributed by atoms with Gasteiger partial charge in [-0.1, -0.05) is 0 Å². The Morgan fingerprint density at radius 2 is 1.84 bits per heavy atom. The molecule has 0 aromatic heterocycles. The third-order valence-electron chi connectivity index (χ3n) is 3.45. The average molecular weight is 357 g/mol. The number of carbonyl (C=O) groups is 4. The predicted molar refractivity (Wildman–Crippen MR) is 88.6 cm³/mol. The maximum atomic E-state index is 12.1. The molecule has 0 radical (unpaired) electrons. The zero-order valence-corrected chi connectivity index (χ0v) is 15.2. The first-order chi connectivity index (χ1) is 11.6. The number of esters is 1. The van der Waals surface area contributed by atoms with Crippen LogP contribution in [0.15, 0.2) is 0 Å². The smallest absolute Gasteiger partial charge is 0.411 e. The van der Waals surface area contributed by atoms with E-state index in [0.717, 1.165) is 0 Å². The van der Waals surface area contributed by atoms with Gasteiger partial charge in [0.25, 0.3) is 5.91 Å². The van der Waals surface area contributed by atoms with E-state index < -0.39 is 36.2 Å². The van der Waals surface area contributed by atoms with E-state index in [0.29, 0.717) is 19.4 Å². The Morgan fingerprint density at radius 1 is 1.16 bits per heavy atom. The normalized spacial score (nSPS) is 17.0. The summed E-state index contributed by atoms with van der Waals surface area (Å²) in [4.78, 5) is 48.2. The monoisotopic (exact) mass is 357 g/mol. The summed E-state index contributed by atoms with van der Waals surface area (Å²) < 4.78 is 10.3. The molecule has 0 spiro atoms. The van der Waals surface area contributed by atoms with Crippen LogP contribution in [0.1, 0.15) is 40.0 Å². The predicted octanol–water partition coefficient (Wildman–Crippen LogP) is 0.181. The molecule has 9 nitrogen and oxygen atoms in total. The van der Waals surface area contributed by atoms with Crippen molar-refractivity contribution < 1.29 is 28.7 Å². The summed E-state index contributed by atoms with van der Waals surface area (Å²) >= 11 is 0. The van der Waals surface area contributed by atoms with E-state index in [1.165, 1.54) is 11.9 Å². The van der Waals surface area contributed by atoms with Crippen molar-refractivity contribution >= 4 is 23.9 Å². The number of carbonyl (C=O) groups excluding carboxylic acids is 4. The maximum absolute atomic E-state index is 12.1. The minimum Gasteiger partial charge on any atom is -0.454 e. The molecule has 142 valence electrons. The van der Waals surface area contributed by atoms with Gasteiger partial charge in [-0.2, -0.15) is 0 Å². The molecule has 0 aliphatic carbocycles. The van der Waals surface area contributed by atoms with Crippen molar-refractivity contribution in [1.82, 2.24) is 15.5 Å². The lowest BCUT2D eigenvalue weighted by Gasteiger charge is -2.27. The molecule has 9 heteroatoms. The topological polar surface area (TPSA) is 114 Å². The Kier molecular flexibility index (Phi) is 7.66. The van der Waals surface area contributed by atoms with Crippen LogP contribution in [0.4, 0.5) is 4.79 Å². The summed E-state index contributed by atoms with van der Waals surface area (Å²) in [6.45, 7) is 5.36. The molecule has 1 aliphatic heterocycles. The van der Waals surface area contributed by atoms with Gasteiger partial charge in [0.2, 0.25) is 5.91 Å². The Labute approximate surface area is 147 Å². The number of nitrogens with zero attached hydrogens (tertiary/aromatic N) is 1. The van der Waals surface area contributed by atoms with Crippen LogP contribution in [-0.2, 0) is 23.9 Å². The molecule has 25 heavy (non-hydrogen) atoms. The first-order valence-electron chi connectivity index (χ1n) is 8.27. The number of ether oxygens (including phenoxy) is 2. The summed E-state index contributed by atoms with van der Waals surface area (Å²) in [5.41, 5.74) is -0.654. The van der Waals surface area contributed by atoms with E-state index in [-0.39, 0.29) is 18.9 Å². The molecule has 0 aromatic rings. The van der Waals surface area contributed by atoms with Crippen LogP contribution < -0.4 is 10.6 Å². The molecule has 1 saturated heterocycles. The van der Waals surface area contributed by atoms with E-state index in [1.807, 2.05) is 0 Å². The second-order valence-corrected chi connectivity index (χ2v) is 6.71. The maximum Gasteiger partial charge on any atom is 0.411 e. The van der Waals surface area contributed by atoms with Crippen LogP contribution in [-0.4, -0.2) is 67.2 Å². The van der Waals surface area contributed by atoms with Crippen LogP contribution >= 0.6 is 0 Å². The summed E-state index contributed by atoms with van der Waals surface area (Å²) in [5.74, 6) is -1.33. The third-order valence-corrected chi connectivity index (χ3v) is 3.45. The van der Waals surface area contributed by atoms with Crippen LogP contribution in [0.3, 0.4) is 0 Å². The highest BCUT2D eigenvalue weighted by atomic mass is 16.6. The van der Waals surface area contributed by atoms with E-state index in [2.05, 4.69) is 10.6 Å². The molecule has 1 rings (SSSR count). The van der Waals surface area contributed by atoms with Gasteiger partial charge in [-0.15, -0.1) is 0 Å². The molecular formula is C16H27N3O6. The molecule has 0 bridgehead atoms. The number of rotatable bonds is 6. The summed E-state index contributed by atoms with van der Waals surface area (Å²) in [7, 11) is 1.50. The zero-order valence-electron chi connectivity index (χ0n) is 15.2. The Balaban J connectivity index is 2.41. The molecule has 1 atom stereocenters. The van der Waals surface area contributed by atoms with Crippen molar-refractivity contribution in [1.29, 1.82) is 0 Å². The molecule has 0 saturated carbocycles. The van der Waals surface area contributed by atoms with Gasteiger partial charge in [0.05, 0.1) is 0 Å². The lowest BCUT2D eigenvalue weighted by Crippen LogP contribution is -2.44. The minimum atomic E-state index is -0.742.